The summed E-state index contributed by atoms with van der Waals surface area (Å²) in [5, 5.41) is 0. The minimum atomic E-state index is -6.09. The van der Waals surface area contributed by atoms with Crippen molar-refractivity contribution < 1.29 is 26.1 Å². The van der Waals surface area contributed by atoms with Gasteiger partial charge in [-0.05, 0) is 0 Å². The van der Waals surface area contributed by atoms with Crippen LogP contribution in [0.15, 0.2) is 60.7 Å². The van der Waals surface area contributed by atoms with Crippen molar-refractivity contribution in [3.05, 3.63) is 60.7 Å². The molecule has 0 aromatic heterocycles. The van der Waals surface area contributed by atoms with E-state index in [2.05, 4.69) is 55.8 Å². The summed E-state index contributed by atoms with van der Waals surface area (Å²) in [7, 11) is -3.92. The van der Waals surface area contributed by atoms with E-state index in [9.17, 15) is 13.2 Å². The van der Waals surface area contributed by atoms with Gasteiger partial charge in [-0.15, -0.1) is 0 Å². The first-order chi connectivity index (χ1) is 9.70. The van der Waals surface area contributed by atoms with E-state index in [-0.39, 0.29) is 0 Å². The second-order valence-corrected chi connectivity index (χ2v) is 5.24. The van der Waals surface area contributed by atoms with E-state index in [1.165, 1.54) is 10.9 Å². The quantitative estimate of drug-likeness (QED) is 0.478. The van der Waals surface area contributed by atoms with Gasteiger partial charge >= 0.3 is 84.4 Å². The fraction of sp³-hybridized carbons (Fsp3) is 0.0769. The molecule has 2 rings (SSSR count). The van der Waals surface area contributed by atoms with Gasteiger partial charge in [0.05, 0.1) is 0 Å². The number of alkyl halides is 3. The Morgan fingerprint density at radius 3 is 1.33 bits per heavy atom. The second-order valence-electron chi connectivity index (χ2n) is 3.87. The number of hydrogen-bond acceptors (Lipinski definition) is 3. The molecular formula is C13H10BF3O3S. The molecule has 0 aliphatic carbocycles. The van der Waals surface area contributed by atoms with Crippen molar-refractivity contribution in [2.45, 2.75) is 5.51 Å². The van der Waals surface area contributed by atoms with Gasteiger partial charge in [0, 0.05) is 0 Å². The van der Waals surface area contributed by atoms with Crippen LogP contribution in [0.2, 0.25) is 0 Å². The van der Waals surface area contributed by atoms with Gasteiger partial charge in [-0.3, -0.25) is 0 Å². The molecule has 0 saturated carbocycles. The molecule has 0 amide bonds. The summed E-state index contributed by atoms with van der Waals surface area (Å²) >= 11 is 0. The average Bonchev–Trinajstić information content (AvgIpc) is 2.39. The fourth-order valence-electron chi connectivity index (χ4n) is 1.29. The molecule has 0 saturated heterocycles. The monoisotopic (exact) mass is 314 g/mol. The molecule has 21 heavy (non-hydrogen) atoms. The molecule has 0 heterocycles. The first-order valence-electron chi connectivity index (χ1n) is 5.67. The molecule has 0 unspecified atom stereocenters. The number of hydrogen-bond donors (Lipinski definition) is 0. The summed E-state index contributed by atoms with van der Waals surface area (Å²) in [5.41, 5.74) is -3.16. The number of rotatable bonds is 2. The molecule has 3 nitrogen and oxygen atoms in total. The van der Waals surface area contributed by atoms with E-state index in [4.69, 9.17) is 13.0 Å². The molecule has 0 aliphatic heterocycles. The molecule has 2 aromatic rings. The van der Waals surface area contributed by atoms with Crippen molar-refractivity contribution in [3.63, 3.8) is 0 Å². The Morgan fingerprint density at radius 2 is 1.10 bits per heavy atom. The third kappa shape index (κ3) is 6.46. The van der Waals surface area contributed by atoms with Gasteiger partial charge < -0.3 is 4.55 Å². The molecule has 0 aliphatic rings. The van der Waals surface area contributed by atoms with Crippen molar-refractivity contribution >= 4 is 28.3 Å². The summed E-state index contributed by atoms with van der Waals surface area (Å²) in [6.45, 7) is 0. The summed E-state index contributed by atoms with van der Waals surface area (Å²) in [6.07, 6.45) is 0. The molecule has 0 atom stereocenters. The second kappa shape index (κ2) is 7.28. The van der Waals surface area contributed by atoms with Crippen molar-refractivity contribution in [1.29, 1.82) is 0 Å². The SMILES string of the molecule is O=S(=O)([O-])C(F)(F)F.[B+](c1ccccc1)c1ccccc1. The number of benzene rings is 2. The Hall–Kier alpha value is -1.80. The van der Waals surface area contributed by atoms with Crippen LogP contribution in [0, 0.1) is 0 Å². The summed E-state index contributed by atoms with van der Waals surface area (Å²) in [4.78, 5) is 0. The van der Waals surface area contributed by atoms with E-state index < -0.39 is 15.6 Å². The molecule has 8 heteroatoms. The molecule has 2 aromatic carbocycles. The van der Waals surface area contributed by atoms with Gasteiger partial charge in [0.15, 0.2) is 10.1 Å². The molecule has 0 radical (unpaired) electrons. The normalized spacial score (nSPS) is 11.0. The zero-order valence-corrected chi connectivity index (χ0v) is 11.4. The maximum absolute atomic E-state index is 10.7. The van der Waals surface area contributed by atoms with Crippen LogP contribution >= 0.6 is 0 Å². The maximum atomic E-state index is 10.7. The first-order valence-corrected chi connectivity index (χ1v) is 7.08. The first kappa shape index (κ1) is 17.3. The van der Waals surface area contributed by atoms with Crippen LogP contribution in [0.3, 0.4) is 0 Å². The predicted octanol–water partition coefficient (Wildman–Crippen LogP) is 1.39. The van der Waals surface area contributed by atoms with Gasteiger partial charge in [0.25, 0.3) is 0 Å². The molecule has 0 spiro atoms. The average molecular weight is 314 g/mol. The minimum absolute atomic E-state index is 1.24. The summed E-state index contributed by atoms with van der Waals surface area (Å²) < 4.78 is 58.9. The van der Waals surface area contributed by atoms with Crippen molar-refractivity contribution in [3.8, 4) is 0 Å². The molecule has 0 N–H and O–H groups in total. The third-order valence-electron chi connectivity index (χ3n) is 2.22. The standard InChI is InChI=1S/C12H10B.CHF3O3S/c1-3-7-11(8-4-1)13-12-9-5-2-6-10-12;2-1(3,4)8(5,6)7/h1-10H;(H,5,6,7)/q+1;/p-1. The van der Waals surface area contributed by atoms with E-state index in [1.54, 1.807) is 0 Å². The molecular weight excluding hydrogens is 304 g/mol. The zero-order chi connectivity index (χ0) is 15.9. The topological polar surface area (TPSA) is 57.2 Å². The van der Waals surface area contributed by atoms with E-state index >= 15 is 0 Å². The van der Waals surface area contributed by atoms with Gasteiger partial charge in [-0.2, -0.15) is 13.2 Å². The van der Waals surface area contributed by atoms with Crippen molar-refractivity contribution in [2.24, 2.45) is 0 Å². The Labute approximate surface area is 121 Å². The van der Waals surface area contributed by atoms with Crippen LogP contribution in [-0.2, 0) is 10.1 Å². The Morgan fingerprint density at radius 1 is 0.810 bits per heavy atom. The van der Waals surface area contributed by atoms with Crippen LogP contribution in [-0.4, -0.2) is 25.8 Å². The molecule has 110 valence electrons. The Kier molecular flexibility index (Phi) is 5.98. The van der Waals surface area contributed by atoms with Gasteiger partial charge in [0.1, 0.15) is 0 Å². The summed E-state index contributed by atoms with van der Waals surface area (Å²) in [5.74, 6) is 0. The van der Waals surface area contributed by atoms with E-state index in [0.29, 0.717) is 0 Å². The van der Waals surface area contributed by atoms with Gasteiger partial charge in [-0.25, -0.2) is 8.42 Å². The number of halogens is 3. The molecule has 0 fully saturated rings. The third-order valence-corrected chi connectivity index (χ3v) is 2.78. The van der Waals surface area contributed by atoms with Crippen LogP contribution in [0.1, 0.15) is 0 Å². The van der Waals surface area contributed by atoms with Gasteiger partial charge in [0.2, 0.25) is 0 Å². The van der Waals surface area contributed by atoms with E-state index in [1.807, 2.05) is 12.1 Å². The summed E-state index contributed by atoms with van der Waals surface area (Å²) in [6, 6.07) is 20.7. The van der Waals surface area contributed by atoms with Gasteiger partial charge in [-0.1, -0.05) is 0 Å². The van der Waals surface area contributed by atoms with Crippen LogP contribution in [0.4, 0.5) is 13.2 Å². The molecule has 0 bridgehead atoms. The fourth-order valence-corrected chi connectivity index (χ4v) is 1.29. The van der Waals surface area contributed by atoms with Crippen molar-refractivity contribution in [2.75, 3.05) is 0 Å². The Bertz CT molecular complexity index is 606. The Balaban J connectivity index is 0.000000240. The van der Waals surface area contributed by atoms with Crippen LogP contribution in [0.5, 0.6) is 0 Å². The van der Waals surface area contributed by atoms with Crippen LogP contribution < -0.4 is 10.9 Å². The van der Waals surface area contributed by atoms with Crippen molar-refractivity contribution in [1.82, 2.24) is 0 Å². The van der Waals surface area contributed by atoms with E-state index in [0.717, 1.165) is 0 Å². The van der Waals surface area contributed by atoms with Crippen LogP contribution in [0.25, 0.3) is 0 Å². The predicted molar refractivity (Wildman–Crippen MR) is 73.7 cm³/mol. The zero-order valence-electron chi connectivity index (χ0n) is 10.6.